The van der Waals surface area contributed by atoms with Crippen LogP contribution in [0.3, 0.4) is 0 Å². The SMILES string of the molecule is COC(=O)c1ccc(-n2c(C)cc(C(=O)CSc3nnc(-c4ccccc4OC)o3)c2C)cc1. The molecule has 0 atom stereocenters. The van der Waals surface area contributed by atoms with Crippen molar-refractivity contribution in [2.45, 2.75) is 19.1 Å². The second kappa shape index (κ2) is 9.96. The summed E-state index contributed by atoms with van der Waals surface area (Å²) in [5, 5.41) is 8.44. The van der Waals surface area contributed by atoms with Crippen molar-refractivity contribution >= 4 is 23.5 Å². The summed E-state index contributed by atoms with van der Waals surface area (Å²) >= 11 is 1.19. The van der Waals surface area contributed by atoms with Crippen molar-refractivity contribution < 1.29 is 23.5 Å². The van der Waals surface area contributed by atoms with E-state index in [0.717, 1.165) is 17.1 Å². The van der Waals surface area contributed by atoms with Gasteiger partial charge in [0, 0.05) is 22.6 Å². The molecule has 0 saturated heterocycles. The van der Waals surface area contributed by atoms with E-state index in [0.29, 0.717) is 33.6 Å². The zero-order valence-electron chi connectivity index (χ0n) is 19.2. The summed E-state index contributed by atoms with van der Waals surface area (Å²) in [5.74, 6) is 0.675. The monoisotopic (exact) mass is 477 g/mol. The summed E-state index contributed by atoms with van der Waals surface area (Å²) in [5.41, 5.74) is 4.35. The highest BCUT2D eigenvalue weighted by Gasteiger charge is 2.19. The minimum atomic E-state index is -0.393. The molecule has 34 heavy (non-hydrogen) atoms. The molecule has 9 heteroatoms. The molecule has 0 amide bonds. The molecule has 4 aromatic rings. The summed E-state index contributed by atoms with van der Waals surface area (Å²) in [4.78, 5) is 24.7. The number of ether oxygens (including phenoxy) is 2. The predicted molar refractivity (Wildman–Crippen MR) is 128 cm³/mol. The van der Waals surface area contributed by atoms with Crippen molar-refractivity contribution in [2.24, 2.45) is 0 Å². The van der Waals surface area contributed by atoms with Crippen LogP contribution >= 0.6 is 11.8 Å². The molecule has 2 aromatic heterocycles. The number of ketones is 1. The number of Topliss-reactive ketones (excluding diaryl/α,β-unsaturated/α-hetero) is 1. The van der Waals surface area contributed by atoms with Crippen molar-refractivity contribution in [3.8, 4) is 22.9 Å². The number of rotatable bonds is 8. The Morgan fingerprint density at radius 3 is 2.47 bits per heavy atom. The van der Waals surface area contributed by atoms with Gasteiger partial charge in [-0.25, -0.2) is 4.79 Å². The van der Waals surface area contributed by atoms with Crippen LogP contribution in [0.4, 0.5) is 0 Å². The van der Waals surface area contributed by atoms with Crippen LogP contribution in [0, 0.1) is 13.8 Å². The lowest BCUT2D eigenvalue weighted by molar-refractivity contribution is 0.0600. The van der Waals surface area contributed by atoms with Gasteiger partial charge in [-0.05, 0) is 56.3 Å². The van der Waals surface area contributed by atoms with E-state index >= 15 is 0 Å². The van der Waals surface area contributed by atoms with Gasteiger partial charge in [-0.3, -0.25) is 4.79 Å². The summed E-state index contributed by atoms with van der Waals surface area (Å²) in [6.07, 6.45) is 0. The lowest BCUT2D eigenvalue weighted by atomic mass is 10.2. The molecule has 0 N–H and O–H groups in total. The summed E-state index contributed by atoms with van der Waals surface area (Å²) in [6, 6.07) is 16.3. The van der Waals surface area contributed by atoms with Crippen LogP contribution in [-0.4, -0.2) is 46.5 Å². The van der Waals surface area contributed by atoms with Gasteiger partial charge in [0.2, 0.25) is 0 Å². The lowest BCUT2D eigenvalue weighted by Crippen LogP contribution is -2.06. The number of carbonyl (C=O) groups is 2. The zero-order valence-corrected chi connectivity index (χ0v) is 20.0. The Hall–Kier alpha value is -3.85. The Kier molecular flexibility index (Phi) is 6.83. The van der Waals surface area contributed by atoms with Crippen molar-refractivity contribution in [3.63, 3.8) is 0 Å². The molecule has 0 aliphatic rings. The third-order valence-electron chi connectivity index (χ3n) is 5.35. The van der Waals surface area contributed by atoms with Crippen LogP contribution < -0.4 is 4.74 Å². The lowest BCUT2D eigenvalue weighted by Gasteiger charge is -2.10. The molecule has 2 aromatic carbocycles. The number of aromatic nitrogens is 3. The van der Waals surface area contributed by atoms with E-state index in [4.69, 9.17) is 13.9 Å². The fourth-order valence-electron chi connectivity index (χ4n) is 3.71. The van der Waals surface area contributed by atoms with Crippen LogP contribution in [0.25, 0.3) is 17.1 Å². The molecular formula is C25H23N3O5S. The predicted octanol–water partition coefficient (Wildman–Crippen LogP) is 4.91. The van der Waals surface area contributed by atoms with Crippen LogP contribution in [-0.2, 0) is 4.74 Å². The maximum absolute atomic E-state index is 13.0. The van der Waals surface area contributed by atoms with Gasteiger partial charge in [-0.2, -0.15) is 0 Å². The molecule has 0 bridgehead atoms. The van der Waals surface area contributed by atoms with Gasteiger partial charge in [-0.1, -0.05) is 23.9 Å². The fraction of sp³-hybridized carbons (Fsp3) is 0.200. The van der Waals surface area contributed by atoms with Gasteiger partial charge in [0.05, 0.1) is 31.1 Å². The number of aryl methyl sites for hydroxylation is 1. The van der Waals surface area contributed by atoms with E-state index in [2.05, 4.69) is 10.2 Å². The highest BCUT2D eigenvalue weighted by molar-refractivity contribution is 7.99. The Labute approximate surface area is 200 Å². The molecule has 2 heterocycles. The summed E-state index contributed by atoms with van der Waals surface area (Å²) < 4.78 is 17.8. The number of benzene rings is 2. The Balaban J connectivity index is 1.49. The zero-order chi connectivity index (χ0) is 24.2. The Morgan fingerprint density at radius 1 is 1.03 bits per heavy atom. The van der Waals surface area contributed by atoms with Crippen molar-refractivity contribution in [1.82, 2.24) is 14.8 Å². The maximum atomic E-state index is 13.0. The molecule has 0 spiro atoms. The van der Waals surface area contributed by atoms with Gasteiger partial charge in [0.25, 0.3) is 11.1 Å². The van der Waals surface area contributed by atoms with Crippen LogP contribution in [0.5, 0.6) is 5.75 Å². The topological polar surface area (TPSA) is 96.5 Å². The molecule has 4 rings (SSSR count). The first kappa shape index (κ1) is 23.3. The molecule has 0 aliphatic heterocycles. The molecule has 0 aliphatic carbocycles. The normalized spacial score (nSPS) is 10.8. The number of hydrogen-bond donors (Lipinski definition) is 0. The third-order valence-corrected chi connectivity index (χ3v) is 6.17. The van der Waals surface area contributed by atoms with Crippen LogP contribution in [0.2, 0.25) is 0 Å². The van der Waals surface area contributed by atoms with Crippen molar-refractivity contribution in [1.29, 1.82) is 0 Å². The number of esters is 1. The van der Waals surface area contributed by atoms with Gasteiger partial charge in [-0.15, -0.1) is 10.2 Å². The van der Waals surface area contributed by atoms with Crippen molar-refractivity contribution in [2.75, 3.05) is 20.0 Å². The molecule has 8 nitrogen and oxygen atoms in total. The number of para-hydroxylation sites is 1. The largest absolute Gasteiger partial charge is 0.496 e. The Morgan fingerprint density at radius 2 is 1.76 bits per heavy atom. The molecule has 0 unspecified atom stereocenters. The van der Waals surface area contributed by atoms with Crippen LogP contribution in [0.1, 0.15) is 32.1 Å². The number of carbonyl (C=O) groups excluding carboxylic acids is 2. The van der Waals surface area contributed by atoms with Crippen LogP contribution in [0.15, 0.2) is 64.2 Å². The number of methoxy groups -OCH3 is 2. The molecule has 0 fully saturated rings. The molecule has 174 valence electrons. The van der Waals surface area contributed by atoms with E-state index < -0.39 is 5.97 Å². The number of hydrogen-bond acceptors (Lipinski definition) is 8. The van der Waals surface area contributed by atoms with E-state index in [1.165, 1.54) is 18.9 Å². The molecule has 0 radical (unpaired) electrons. The third kappa shape index (κ3) is 4.60. The highest BCUT2D eigenvalue weighted by Crippen LogP contribution is 2.31. The summed E-state index contributed by atoms with van der Waals surface area (Å²) in [7, 11) is 2.92. The van der Waals surface area contributed by atoms with E-state index in [-0.39, 0.29) is 11.5 Å². The first-order valence-corrected chi connectivity index (χ1v) is 11.4. The maximum Gasteiger partial charge on any atom is 0.337 e. The number of nitrogens with zero attached hydrogens (tertiary/aromatic N) is 3. The minimum absolute atomic E-state index is 0.0485. The van der Waals surface area contributed by atoms with E-state index in [1.807, 2.05) is 60.9 Å². The van der Waals surface area contributed by atoms with Gasteiger partial charge in [0.15, 0.2) is 5.78 Å². The summed E-state index contributed by atoms with van der Waals surface area (Å²) in [6.45, 7) is 3.83. The number of thioether (sulfide) groups is 1. The van der Waals surface area contributed by atoms with E-state index in [1.54, 1.807) is 19.2 Å². The highest BCUT2D eigenvalue weighted by atomic mass is 32.2. The quantitative estimate of drug-likeness (QED) is 0.201. The molecular weight excluding hydrogens is 454 g/mol. The fourth-order valence-corrected chi connectivity index (χ4v) is 4.36. The minimum Gasteiger partial charge on any atom is -0.496 e. The van der Waals surface area contributed by atoms with E-state index in [9.17, 15) is 9.59 Å². The first-order valence-electron chi connectivity index (χ1n) is 10.4. The standard InChI is InChI=1S/C25H23N3O5S/c1-15-13-20(16(2)28(15)18-11-9-17(10-12-18)24(30)32-4)21(29)14-34-25-27-26-23(33-25)19-7-5-6-8-22(19)31-3/h5-13H,14H2,1-4H3. The second-order valence-electron chi connectivity index (χ2n) is 7.44. The average molecular weight is 478 g/mol. The first-order chi connectivity index (χ1) is 16.4. The average Bonchev–Trinajstić information content (AvgIpc) is 3.46. The van der Waals surface area contributed by atoms with Gasteiger partial charge >= 0.3 is 5.97 Å². The van der Waals surface area contributed by atoms with Gasteiger partial charge in [0.1, 0.15) is 5.75 Å². The Bertz CT molecular complexity index is 1340. The molecule has 0 saturated carbocycles. The van der Waals surface area contributed by atoms with Gasteiger partial charge < -0.3 is 18.5 Å². The van der Waals surface area contributed by atoms with Crippen molar-refractivity contribution in [3.05, 3.63) is 77.1 Å². The second-order valence-corrected chi connectivity index (χ2v) is 8.37. The smallest absolute Gasteiger partial charge is 0.337 e.